The lowest BCUT2D eigenvalue weighted by Gasteiger charge is -2.04. The van der Waals surface area contributed by atoms with Crippen molar-refractivity contribution in [3.8, 4) is 0 Å². The zero-order valence-electron chi connectivity index (χ0n) is 10.9. The summed E-state index contributed by atoms with van der Waals surface area (Å²) in [4.78, 5) is 27.4. The molecule has 1 aromatic carbocycles. The number of hydrogen-bond donors (Lipinski definition) is 1. The van der Waals surface area contributed by atoms with Crippen LogP contribution in [0.2, 0.25) is 10.0 Å². The predicted octanol–water partition coefficient (Wildman–Crippen LogP) is 3.88. The number of anilines is 1. The highest BCUT2D eigenvalue weighted by Gasteiger charge is 2.16. The Labute approximate surface area is 134 Å². The predicted molar refractivity (Wildman–Crippen MR) is 82.5 cm³/mol. The Morgan fingerprint density at radius 2 is 1.95 bits per heavy atom. The maximum Gasteiger partial charge on any atom is 0.367 e. The van der Waals surface area contributed by atoms with Gasteiger partial charge in [0.15, 0.2) is 0 Å². The number of nitrogens with zero attached hydrogens (tertiary/aromatic N) is 1. The third-order valence-corrected chi connectivity index (χ3v) is 3.57. The SMILES string of the molecule is CCOC(=O)c1nc(C(=O)Nc2cc(Cl)cc(Cl)c2)cs1. The standard InChI is InChI=1S/C13H10Cl2N2O3S/c1-2-20-13(19)12-17-10(6-21-12)11(18)16-9-4-7(14)3-8(15)5-9/h3-6H,2H2,1H3,(H,16,18). The monoisotopic (exact) mass is 344 g/mol. The molecular formula is C13H10Cl2N2O3S. The molecule has 0 aliphatic heterocycles. The molecule has 8 heteroatoms. The Hall–Kier alpha value is -1.63. The van der Waals surface area contributed by atoms with E-state index < -0.39 is 11.9 Å². The van der Waals surface area contributed by atoms with E-state index in [2.05, 4.69) is 10.3 Å². The average molecular weight is 345 g/mol. The van der Waals surface area contributed by atoms with Gasteiger partial charge < -0.3 is 10.1 Å². The molecule has 0 aliphatic carbocycles. The van der Waals surface area contributed by atoms with Crippen molar-refractivity contribution in [1.29, 1.82) is 0 Å². The molecule has 0 unspecified atom stereocenters. The van der Waals surface area contributed by atoms with E-state index >= 15 is 0 Å². The Balaban J connectivity index is 2.12. The molecule has 21 heavy (non-hydrogen) atoms. The van der Waals surface area contributed by atoms with Crippen molar-refractivity contribution in [2.45, 2.75) is 6.92 Å². The second-order valence-electron chi connectivity index (χ2n) is 3.87. The topological polar surface area (TPSA) is 68.3 Å². The van der Waals surface area contributed by atoms with Crippen LogP contribution in [0.15, 0.2) is 23.6 Å². The van der Waals surface area contributed by atoms with Crippen LogP contribution >= 0.6 is 34.5 Å². The number of esters is 1. The van der Waals surface area contributed by atoms with Crippen LogP contribution in [0.25, 0.3) is 0 Å². The molecule has 0 fully saturated rings. The lowest BCUT2D eigenvalue weighted by atomic mass is 10.3. The molecule has 2 rings (SSSR count). The van der Waals surface area contributed by atoms with Gasteiger partial charge in [-0.1, -0.05) is 23.2 Å². The second-order valence-corrected chi connectivity index (χ2v) is 5.60. The van der Waals surface area contributed by atoms with Crippen LogP contribution in [0.3, 0.4) is 0 Å². The van der Waals surface area contributed by atoms with Gasteiger partial charge in [0.05, 0.1) is 6.61 Å². The van der Waals surface area contributed by atoms with Gasteiger partial charge in [0, 0.05) is 21.1 Å². The quantitative estimate of drug-likeness (QED) is 0.854. The second kappa shape index (κ2) is 6.89. The molecule has 0 atom stereocenters. The van der Waals surface area contributed by atoms with Gasteiger partial charge >= 0.3 is 5.97 Å². The van der Waals surface area contributed by atoms with E-state index in [4.69, 9.17) is 27.9 Å². The van der Waals surface area contributed by atoms with E-state index in [-0.39, 0.29) is 17.3 Å². The van der Waals surface area contributed by atoms with Gasteiger partial charge in [0.25, 0.3) is 5.91 Å². The zero-order valence-corrected chi connectivity index (χ0v) is 13.2. The molecule has 1 N–H and O–H groups in total. The maximum absolute atomic E-state index is 12.0. The summed E-state index contributed by atoms with van der Waals surface area (Å²) >= 11 is 12.7. The first-order chi connectivity index (χ1) is 9.99. The highest BCUT2D eigenvalue weighted by molar-refractivity contribution is 7.11. The van der Waals surface area contributed by atoms with E-state index in [0.717, 1.165) is 11.3 Å². The molecule has 0 bridgehead atoms. The number of benzene rings is 1. The Bertz CT molecular complexity index is 668. The largest absolute Gasteiger partial charge is 0.461 e. The van der Waals surface area contributed by atoms with Crippen molar-refractivity contribution in [3.63, 3.8) is 0 Å². The number of hydrogen-bond acceptors (Lipinski definition) is 5. The minimum Gasteiger partial charge on any atom is -0.461 e. The van der Waals surface area contributed by atoms with Gasteiger partial charge in [-0.05, 0) is 25.1 Å². The van der Waals surface area contributed by atoms with E-state index in [0.29, 0.717) is 15.7 Å². The van der Waals surface area contributed by atoms with Crippen molar-refractivity contribution < 1.29 is 14.3 Å². The van der Waals surface area contributed by atoms with Crippen LogP contribution in [-0.4, -0.2) is 23.5 Å². The summed E-state index contributed by atoms with van der Waals surface area (Å²) in [5.41, 5.74) is 0.572. The van der Waals surface area contributed by atoms with E-state index in [9.17, 15) is 9.59 Å². The number of rotatable bonds is 4. The Kier molecular flexibility index (Phi) is 5.17. The molecule has 1 amide bonds. The van der Waals surface area contributed by atoms with Gasteiger partial charge in [0.1, 0.15) is 5.69 Å². The molecule has 1 aromatic heterocycles. The third kappa shape index (κ3) is 4.17. The van der Waals surface area contributed by atoms with Gasteiger partial charge in [-0.25, -0.2) is 9.78 Å². The minimum absolute atomic E-state index is 0.124. The average Bonchev–Trinajstić information content (AvgIpc) is 2.87. The van der Waals surface area contributed by atoms with Crippen molar-refractivity contribution in [2.24, 2.45) is 0 Å². The molecule has 0 saturated heterocycles. The first kappa shape index (κ1) is 15.8. The van der Waals surface area contributed by atoms with Gasteiger partial charge in [-0.15, -0.1) is 11.3 Å². The van der Waals surface area contributed by atoms with Crippen molar-refractivity contribution in [3.05, 3.63) is 44.3 Å². The number of aromatic nitrogens is 1. The summed E-state index contributed by atoms with van der Waals surface area (Å²) in [6, 6.07) is 4.67. The number of amides is 1. The normalized spacial score (nSPS) is 10.2. The number of ether oxygens (including phenoxy) is 1. The summed E-state index contributed by atoms with van der Waals surface area (Å²) in [5.74, 6) is -1.01. The first-order valence-corrected chi connectivity index (χ1v) is 7.53. The first-order valence-electron chi connectivity index (χ1n) is 5.89. The summed E-state index contributed by atoms with van der Waals surface area (Å²) in [5, 5.41) is 5.03. The van der Waals surface area contributed by atoms with Crippen LogP contribution in [0.1, 0.15) is 27.2 Å². The number of halogens is 2. The smallest absolute Gasteiger partial charge is 0.367 e. The molecule has 0 spiro atoms. The van der Waals surface area contributed by atoms with Gasteiger partial charge in [0.2, 0.25) is 5.01 Å². The van der Waals surface area contributed by atoms with Crippen LogP contribution in [0, 0.1) is 0 Å². The van der Waals surface area contributed by atoms with Gasteiger partial charge in [-0.3, -0.25) is 4.79 Å². The Morgan fingerprint density at radius 1 is 1.29 bits per heavy atom. The van der Waals surface area contributed by atoms with Crippen LogP contribution in [0.4, 0.5) is 5.69 Å². The fourth-order valence-electron chi connectivity index (χ4n) is 1.49. The number of carbonyl (C=O) groups excluding carboxylic acids is 2. The van der Waals surface area contributed by atoms with Crippen molar-refractivity contribution in [1.82, 2.24) is 4.98 Å². The lowest BCUT2D eigenvalue weighted by molar-refractivity contribution is 0.0526. The molecule has 0 radical (unpaired) electrons. The van der Waals surface area contributed by atoms with Crippen LogP contribution in [0.5, 0.6) is 0 Å². The molecule has 0 aliphatic rings. The summed E-state index contributed by atoms with van der Waals surface area (Å²) < 4.78 is 4.81. The summed E-state index contributed by atoms with van der Waals surface area (Å²) in [6.45, 7) is 1.95. The Morgan fingerprint density at radius 3 is 2.57 bits per heavy atom. The molecule has 110 valence electrons. The molecular weight excluding hydrogens is 335 g/mol. The fraction of sp³-hybridized carbons (Fsp3) is 0.154. The number of carbonyl (C=O) groups is 2. The van der Waals surface area contributed by atoms with Gasteiger partial charge in [-0.2, -0.15) is 0 Å². The highest BCUT2D eigenvalue weighted by atomic mass is 35.5. The minimum atomic E-state index is -0.549. The molecule has 0 saturated carbocycles. The lowest BCUT2D eigenvalue weighted by Crippen LogP contribution is -2.13. The molecule has 1 heterocycles. The van der Waals surface area contributed by atoms with Crippen LogP contribution < -0.4 is 5.32 Å². The molecule has 5 nitrogen and oxygen atoms in total. The highest BCUT2D eigenvalue weighted by Crippen LogP contribution is 2.23. The van der Waals surface area contributed by atoms with E-state index in [1.807, 2.05) is 0 Å². The van der Waals surface area contributed by atoms with Crippen molar-refractivity contribution >= 4 is 52.1 Å². The number of thiazole rings is 1. The third-order valence-electron chi connectivity index (χ3n) is 2.31. The van der Waals surface area contributed by atoms with Crippen molar-refractivity contribution in [2.75, 3.05) is 11.9 Å². The van der Waals surface area contributed by atoms with Crippen LogP contribution in [-0.2, 0) is 4.74 Å². The molecule has 2 aromatic rings. The summed E-state index contributed by atoms with van der Waals surface area (Å²) in [7, 11) is 0. The number of nitrogens with one attached hydrogen (secondary N) is 1. The zero-order chi connectivity index (χ0) is 15.4. The van der Waals surface area contributed by atoms with E-state index in [1.165, 1.54) is 5.38 Å². The maximum atomic E-state index is 12.0. The van der Waals surface area contributed by atoms with E-state index in [1.54, 1.807) is 25.1 Å². The fourth-order valence-corrected chi connectivity index (χ4v) is 2.70. The summed E-state index contributed by atoms with van der Waals surface area (Å²) in [6.07, 6.45) is 0.